The van der Waals surface area contributed by atoms with Gasteiger partial charge in [0, 0.05) is 22.6 Å². The first kappa shape index (κ1) is 15.3. The molecule has 1 amide bonds. The average Bonchev–Trinajstić information content (AvgIpc) is 2.54. The number of nitrogens with one attached hydrogen (secondary N) is 1. The van der Waals surface area contributed by atoms with E-state index in [4.69, 9.17) is 0 Å². The quantitative estimate of drug-likeness (QED) is 0.647. The van der Waals surface area contributed by atoms with Gasteiger partial charge in [-0.05, 0) is 36.4 Å². The fraction of sp³-hybridized carbons (Fsp3) is 0.176. The Labute approximate surface area is 128 Å². The normalized spacial score (nSPS) is 10.1. The molecular formula is C17H17NO2S. The average molecular weight is 299 g/mol. The molecule has 0 aliphatic rings. The summed E-state index contributed by atoms with van der Waals surface area (Å²) >= 11 is 1.52. The van der Waals surface area contributed by atoms with Crippen LogP contribution in [0.4, 0.5) is 5.69 Å². The van der Waals surface area contributed by atoms with E-state index >= 15 is 0 Å². The minimum Gasteiger partial charge on any atom is -0.326 e. The van der Waals surface area contributed by atoms with Gasteiger partial charge in [-0.3, -0.25) is 9.59 Å². The van der Waals surface area contributed by atoms with Crippen LogP contribution in [0.3, 0.4) is 0 Å². The third-order valence-electron chi connectivity index (χ3n) is 2.92. The summed E-state index contributed by atoms with van der Waals surface area (Å²) in [6.07, 6.45) is 0.439. The molecule has 2 aromatic rings. The molecule has 2 rings (SSSR count). The second-order valence-electron chi connectivity index (χ2n) is 4.50. The number of amides is 1. The largest absolute Gasteiger partial charge is 0.326 e. The summed E-state index contributed by atoms with van der Waals surface area (Å²) in [7, 11) is 0. The van der Waals surface area contributed by atoms with Crippen molar-refractivity contribution in [2.75, 3.05) is 11.1 Å². The molecule has 21 heavy (non-hydrogen) atoms. The molecular weight excluding hydrogens is 282 g/mol. The Morgan fingerprint density at radius 3 is 2.29 bits per heavy atom. The molecule has 0 fully saturated rings. The third kappa shape index (κ3) is 4.76. The zero-order chi connectivity index (χ0) is 15.1. The summed E-state index contributed by atoms with van der Waals surface area (Å²) in [6, 6.07) is 16.9. The molecule has 0 heterocycles. The van der Waals surface area contributed by atoms with Crippen molar-refractivity contribution in [3.63, 3.8) is 0 Å². The predicted octanol–water partition coefficient (Wildman–Crippen LogP) is 4.01. The lowest BCUT2D eigenvalue weighted by atomic mass is 10.1. The molecule has 4 heteroatoms. The topological polar surface area (TPSA) is 46.2 Å². The van der Waals surface area contributed by atoms with Gasteiger partial charge in [0.25, 0.3) is 0 Å². The third-order valence-corrected chi connectivity index (χ3v) is 3.94. The van der Waals surface area contributed by atoms with Crippen molar-refractivity contribution in [1.29, 1.82) is 0 Å². The van der Waals surface area contributed by atoms with E-state index in [1.165, 1.54) is 11.8 Å². The Morgan fingerprint density at radius 2 is 1.67 bits per heavy atom. The molecule has 2 aromatic carbocycles. The van der Waals surface area contributed by atoms with E-state index in [9.17, 15) is 9.59 Å². The van der Waals surface area contributed by atoms with E-state index < -0.39 is 0 Å². The summed E-state index contributed by atoms with van der Waals surface area (Å²) in [6.45, 7) is 1.80. The minimum absolute atomic E-state index is 0.0336. The number of hydrogen-bond acceptors (Lipinski definition) is 3. The van der Waals surface area contributed by atoms with Crippen LogP contribution in [0.1, 0.15) is 23.7 Å². The van der Waals surface area contributed by atoms with E-state index in [2.05, 4.69) is 5.32 Å². The van der Waals surface area contributed by atoms with Crippen LogP contribution in [-0.2, 0) is 4.79 Å². The highest BCUT2D eigenvalue weighted by molar-refractivity contribution is 8.00. The van der Waals surface area contributed by atoms with Gasteiger partial charge in [-0.25, -0.2) is 0 Å². The van der Waals surface area contributed by atoms with Crippen LogP contribution in [-0.4, -0.2) is 17.4 Å². The summed E-state index contributed by atoms with van der Waals surface area (Å²) in [5, 5.41) is 2.76. The van der Waals surface area contributed by atoms with Crippen LogP contribution >= 0.6 is 11.8 Å². The van der Waals surface area contributed by atoms with Crippen molar-refractivity contribution < 1.29 is 9.59 Å². The molecule has 0 unspecified atom stereocenters. The van der Waals surface area contributed by atoms with Crippen LogP contribution in [0.5, 0.6) is 0 Å². The van der Waals surface area contributed by atoms with Gasteiger partial charge < -0.3 is 5.32 Å². The smallest absolute Gasteiger partial charge is 0.224 e. The molecule has 0 saturated heterocycles. The number of ketones is 1. The zero-order valence-electron chi connectivity index (χ0n) is 11.8. The highest BCUT2D eigenvalue weighted by Gasteiger charge is 2.07. The van der Waals surface area contributed by atoms with Gasteiger partial charge in [0.1, 0.15) is 0 Å². The first-order valence-corrected chi connectivity index (χ1v) is 7.78. The number of benzene rings is 2. The molecule has 0 radical (unpaired) electrons. The lowest BCUT2D eigenvalue weighted by molar-refractivity contribution is -0.115. The standard InChI is InChI=1S/C17H17NO2S/c1-2-17(20)18-14-10-8-13(9-11-14)16(19)12-21-15-6-4-3-5-7-15/h3-11H,2,12H2,1H3,(H,18,20). The molecule has 3 nitrogen and oxygen atoms in total. The van der Waals surface area contributed by atoms with Gasteiger partial charge in [-0.1, -0.05) is 25.1 Å². The van der Waals surface area contributed by atoms with E-state index in [1.807, 2.05) is 30.3 Å². The van der Waals surface area contributed by atoms with Crippen molar-refractivity contribution >= 4 is 29.1 Å². The van der Waals surface area contributed by atoms with Gasteiger partial charge in [0.15, 0.2) is 5.78 Å². The number of hydrogen-bond donors (Lipinski definition) is 1. The number of Topliss-reactive ketones (excluding diaryl/α,β-unsaturated/α-hetero) is 1. The van der Waals surface area contributed by atoms with Gasteiger partial charge in [-0.2, -0.15) is 0 Å². The number of rotatable bonds is 6. The van der Waals surface area contributed by atoms with Crippen molar-refractivity contribution in [1.82, 2.24) is 0 Å². The Kier molecular flexibility index (Phi) is 5.58. The second-order valence-corrected chi connectivity index (χ2v) is 5.55. The molecule has 0 saturated carbocycles. The maximum absolute atomic E-state index is 12.1. The fourth-order valence-corrected chi connectivity index (χ4v) is 2.55. The highest BCUT2D eigenvalue weighted by atomic mass is 32.2. The summed E-state index contributed by atoms with van der Waals surface area (Å²) in [5.74, 6) is 0.455. The summed E-state index contributed by atoms with van der Waals surface area (Å²) in [4.78, 5) is 24.5. The first-order valence-electron chi connectivity index (χ1n) is 6.80. The van der Waals surface area contributed by atoms with Crippen LogP contribution in [0.15, 0.2) is 59.5 Å². The van der Waals surface area contributed by atoms with Crippen LogP contribution in [0.2, 0.25) is 0 Å². The Bertz CT molecular complexity index is 608. The van der Waals surface area contributed by atoms with Gasteiger partial charge >= 0.3 is 0 Å². The van der Waals surface area contributed by atoms with Crippen molar-refractivity contribution in [3.8, 4) is 0 Å². The lowest BCUT2D eigenvalue weighted by Crippen LogP contribution is -2.09. The highest BCUT2D eigenvalue weighted by Crippen LogP contribution is 2.19. The van der Waals surface area contributed by atoms with E-state index in [0.29, 0.717) is 23.4 Å². The Hall–Kier alpha value is -2.07. The lowest BCUT2D eigenvalue weighted by Gasteiger charge is -2.05. The van der Waals surface area contributed by atoms with Gasteiger partial charge in [0.2, 0.25) is 5.91 Å². The summed E-state index contributed by atoms with van der Waals surface area (Å²) < 4.78 is 0. The monoisotopic (exact) mass is 299 g/mol. The molecule has 0 aromatic heterocycles. The van der Waals surface area contributed by atoms with Crippen molar-refractivity contribution in [2.24, 2.45) is 0 Å². The Morgan fingerprint density at radius 1 is 1.00 bits per heavy atom. The molecule has 1 N–H and O–H groups in total. The minimum atomic E-state index is -0.0336. The zero-order valence-corrected chi connectivity index (χ0v) is 12.7. The van der Waals surface area contributed by atoms with Crippen LogP contribution in [0, 0.1) is 0 Å². The molecule has 0 bridgehead atoms. The fourth-order valence-electron chi connectivity index (χ4n) is 1.74. The molecule has 0 aliphatic heterocycles. The molecule has 108 valence electrons. The maximum atomic E-state index is 12.1. The summed E-state index contributed by atoms with van der Waals surface area (Å²) in [5.41, 5.74) is 1.38. The number of carbonyl (C=O) groups excluding carboxylic acids is 2. The van der Waals surface area contributed by atoms with Crippen LogP contribution < -0.4 is 5.32 Å². The van der Waals surface area contributed by atoms with Crippen LogP contribution in [0.25, 0.3) is 0 Å². The Balaban J connectivity index is 1.92. The van der Waals surface area contributed by atoms with Gasteiger partial charge in [0.05, 0.1) is 5.75 Å². The number of thioether (sulfide) groups is 1. The molecule has 0 spiro atoms. The number of anilines is 1. The second kappa shape index (κ2) is 7.64. The van der Waals surface area contributed by atoms with E-state index in [1.54, 1.807) is 31.2 Å². The first-order chi connectivity index (χ1) is 10.2. The van der Waals surface area contributed by atoms with Crippen molar-refractivity contribution in [2.45, 2.75) is 18.2 Å². The van der Waals surface area contributed by atoms with E-state index in [0.717, 1.165) is 4.90 Å². The van der Waals surface area contributed by atoms with Crippen molar-refractivity contribution in [3.05, 3.63) is 60.2 Å². The molecule has 0 aliphatic carbocycles. The van der Waals surface area contributed by atoms with Gasteiger partial charge in [-0.15, -0.1) is 11.8 Å². The maximum Gasteiger partial charge on any atom is 0.224 e. The molecule has 0 atom stereocenters. The number of carbonyl (C=O) groups is 2. The predicted molar refractivity (Wildman–Crippen MR) is 86.9 cm³/mol. The van der Waals surface area contributed by atoms with E-state index in [-0.39, 0.29) is 11.7 Å². The SMILES string of the molecule is CCC(=O)Nc1ccc(C(=O)CSc2ccccc2)cc1.